The van der Waals surface area contributed by atoms with Crippen LogP contribution in [0.5, 0.6) is 5.75 Å². The van der Waals surface area contributed by atoms with Crippen LogP contribution in [0.3, 0.4) is 0 Å². The van der Waals surface area contributed by atoms with Gasteiger partial charge in [-0.15, -0.1) is 0 Å². The van der Waals surface area contributed by atoms with Gasteiger partial charge in [-0.05, 0) is 47.7 Å². The summed E-state index contributed by atoms with van der Waals surface area (Å²) >= 11 is 11.9. The highest BCUT2D eigenvalue weighted by molar-refractivity contribution is 6.35. The van der Waals surface area contributed by atoms with E-state index in [9.17, 15) is 4.79 Å². The molecule has 0 aliphatic heterocycles. The van der Waals surface area contributed by atoms with Gasteiger partial charge in [-0.3, -0.25) is 4.79 Å². The third-order valence-corrected chi connectivity index (χ3v) is 4.32. The molecule has 1 amide bonds. The van der Waals surface area contributed by atoms with Crippen molar-refractivity contribution < 1.29 is 9.53 Å². The Balaban J connectivity index is 1.90. The Morgan fingerprint density at radius 1 is 1.17 bits per heavy atom. The van der Waals surface area contributed by atoms with Crippen molar-refractivity contribution in [3.8, 4) is 5.75 Å². The van der Waals surface area contributed by atoms with Crippen molar-refractivity contribution in [1.29, 1.82) is 0 Å². The summed E-state index contributed by atoms with van der Waals surface area (Å²) in [7, 11) is 0. The van der Waals surface area contributed by atoms with Crippen LogP contribution in [-0.4, -0.2) is 12.5 Å². The average Bonchev–Trinajstić information content (AvgIpc) is 2.53. The second-order valence-corrected chi connectivity index (χ2v) is 6.82. The van der Waals surface area contributed by atoms with Crippen LogP contribution >= 0.6 is 23.2 Å². The third-order valence-electron chi connectivity index (χ3n) is 3.73. The Morgan fingerprint density at radius 3 is 2.58 bits per heavy atom. The molecule has 0 fully saturated rings. The van der Waals surface area contributed by atoms with Gasteiger partial charge in [-0.1, -0.05) is 55.2 Å². The van der Waals surface area contributed by atoms with E-state index in [0.717, 1.165) is 16.9 Å². The summed E-state index contributed by atoms with van der Waals surface area (Å²) < 4.78 is 5.66. The van der Waals surface area contributed by atoms with E-state index in [2.05, 4.69) is 25.2 Å². The molecule has 0 heterocycles. The molecule has 24 heavy (non-hydrogen) atoms. The zero-order valence-corrected chi connectivity index (χ0v) is 15.5. The molecule has 1 N–H and O–H groups in total. The largest absolute Gasteiger partial charge is 0.483 e. The minimum atomic E-state index is -0.199. The van der Waals surface area contributed by atoms with Crippen LogP contribution in [0.1, 0.15) is 36.5 Å². The van der Waals surface area contributed by atoms with Crippen LogP contribution in [0.2, 0.25) is 10.0 Å². The fourth-order valence-corrected chi connectivity index (χ4v) is 2.66. The van der Waals surface area contributed by atoms with E-state index in [0.29, 0.717) is 22.5 Å². The zero-order valence-electron chi connectivity index (χ0n) is 14.0. The number of nitrogens with one attached hydrogen (secondary N) is 1. The van der Waals surface area contributed by atoms with Gasteiger partial charge in [0.15, 0.2) is 6.61 Å². The summed E-state index contributed by atoms with van der Waals surface area (Å²) in [5, 5.41) is 3.89. The van der Waals surface area contributed by atoms with Crippen LogP contribution < -0.4 is 10.1 Å². The van der Waals surface area contributed by atoms with E-state index in [1.165, 1.54) is 5.56 Å². The van der Waals surface area contributed by atoms with Crippen LogP contribution in [-0.2, 0) is 11.3 Å². The molecule has 0 spiro atoms. The van der Waals surface area contributed by atoms with Gasteiger partial charge in [0.25, 0.3) is 5.91 Å². The molecule has 0 saturated heterocycles. The summed E-state index contributed by atoms with van der Waals surface area (Å²) in [6.07, 6.45) is 0. The number of hydrogen-bond acceptors (Lipinski definition) is 2. The van der Waals surface area contributed by atoms with Gasteiger partial charge >= 0.3 is 0 Å². The van der Waals surface area contributed by atoms with E-state index in [1.807, 2.05) is 19.1 Å². The highest BCUT2D eigenvalue weighted by Gasteiger charge is 2.09. The molecule has 0 unspecified atom stereocenters. The quantitative estimate of drug-likeness (QED) is 0.771. The number of halogens is 2. The number of aryl methyl sites for hydroxylation is 1. The molecule has 0 aliphatic rings. The SMILES string of the molecule is Cc1ccc(C(C)C)cc1OCC(=O)NCc1ccc(Cl)cc1Cl. The van der Waals surface area contributed by atoms with Crippen molar-refractivity contribution in [3.63, 3.8) is 0 Å². The maximum atomic E-state index is 12.0. The first-order valence-corrected chi connectivity index (χ1v) is 8.56. The topological polar surface area (TPSA) is 38.3 Å². The molecule has 2 aromatic rings. The van der Waals surface area contributed by atoms with Gasteiger partial charge in [0.1, 0.15) is 5.75 Å². The van der Waals surface area contributed by atoms with Gasteiger partial charge in [-0.25, -0.2) is 0 Å². The van der Waals surface area contributed by atoms with E-state index in [-0.39, 0.29) is 12.5 Å². The molecule has 0 radical (unpaired) electrons. The maximum Gasteiger partial charge on any atom is 0.258 e. The van der Waals surface area contributed by atoms with Crippen molar-refractivity contribution in [2.75, 3.05) is 6.61 Å². The smallest absolute Gasteiger partial charge is 0.258 e. The molecule has 2 rings (SSSR count). The van der Waals surface area contributed by atoms with E-state index in [1.54, 1.807) is 18.2 Å². The number of hydrogen-bond donors (Lipinski definition) is 1. The van der Waals surface area contributed by atoms with Gasteiger partial charge in [0.2, 0.25) is 0 Å². The molecule has 0 atom stereocenters. The van der Waals surface area contributed by atoms with Gasteiger partial charge < -0.3 is 10.1 Å². The Morgan fingerprint density at radius 2 is 1.92 bits per heavy atom. The predicted octanol–water partition coefficient (Wildman–Crippen LogP) is 5.12. The maximum absolute atomic E-state index is 12.0. The second kappa shape index (κ2) is 8.41. The molecule has 2 aromatic carbocycles. The average molecular weight is 366 g/mol. The lowest BCUT2D eigenvalue weighted by atomic mass is 10.0. The number of carbonyl (C=O) groups is 1. The lowest BCUT2D eigenvalue weighted by Crippen LogP contribution is -2.28. The second-order valence-electron chi connectivity index (χ2n) is 5.98. The summed E-state index contributed by atoms with van der Waals surface area (Å²) in [4.78, 5) is 12.0. The van der Waals surface area contributed by atoms with Crippen LogP contribution in [0, 0.1) is 6.92 Å². The number of rotatable bonds is 6. The molecular formula is C19H21Cl2NO2. The zero-order chi connectivity index (χ0) is 17.7. The molecule has 0 bridgehead atoms. The minimum absolute atomic E-state index is 0.0341. The van der Waals surface area contributed by atoms with Crippen LogP contribution in [0.4, 0.5) is 0 Å². The van der Waals surface area contributed by atoms with Crippen molar-refractivity contribution >= 4 is 29.1 Å². The van der Waals surface area contributed by atoms with Crippen molar-refractivity contribution in [2.45, 2.75) is 33.2 Å². The highest BCUT2D eigenvalue weighted by atomic mass is 35.5. The lowest BCUT2D eigenvalue weighted by Gasteiger charge is -2.13. The number of benzene rings is 2. The third kappa shape index (κ3) is 5.15. The van der Waals surface area contributed by atoms with Crippen molar-refractivity contribution in [2.24, 2.45) is 0 Å². The fraction of sp³-hybridized carbons (Fsp3) is 0.316. The van der Waals surface area contributed by atoms with E-state index < -0.39 is 0 Å². The first-order chi connectivity index (χ1) is 11.4. The molecule has 3 nitrogen and oxygen atoms in total. The van der Waals surface area contributed by atoms with Crippen LogP contribution in [0.15, 0.2) is 36.4 Å². The summed E-state index contributed by atoms with van der Waals surface area (Å²) in [6.45, 7) is 6.51. The normalized spacial score (nSPS) is 10.8. The summed E-state index contributed by atoms with van der Waals surface area (Å²) in [6, 6.07) is 11.3. The molecule has 0 aliphatic carbocycles. The number of amides is 1. The molecule has 0 aromatic heterocycles. The minimum Gasteiger partial charge on any atom is -0.483 e. The standard InChI is InChI=1S/C19H21Cl2NO2/c1-12(2)14-5-4-13(3)18(8-14)24-11-19(23)22-10-15-6-7-16(20)9-17(15)21/h4-9,12H,10-11H2,1-3H3,(H,22,23). The first-order valence-electron chi connectivity index (χ1n) is 7.80. The molecular weight excluding hydrogens is 345 g/mol. The van der Waals surface area contributed by atoms with Crippen LogP contribution in [0.25, 0.3) is 0 Å². The summed E-state index contributed by atoms with van der Waals surface area (Å²) in [5.74, 6) is 0.949. The van der Waals surface area contributed by atoms with Gasteiger partial charge in [0, 0.05) is 16.6 Å². The Hall–Kier alpha value is -1.71. The lowest BCUT2D eigenvalue weighted by molar-refractivity contribution is -0.123. The highest BCUT2D eigenvalue weighted by Crippen LogP contribution is 2.24. The van der Waals surface area contributed by atoms with Crippen molar-refractivity contribution in [3.05, 3.63) is 63.1 Å². The number of ether oxygens (including phenoxy) is 1. The Labute approximate surface area is 152 Å². The van der Waals surface area contributed by atoms with Gasteiger partial charge in [0.05, 0.1) is 0 Å². The van der Waals surface area contributed by atoms with E-state index in [4.69, 9.17) is 27.9 Å². The summed E-state index contributed by atoms with van der Waals surface area (Å²) in [5.41, 5.74) is 3.00. The Kier molecular flexibility index (Phi) is 6.52. The molecule has 5 heteroatoms. The van der Waals surface area contributed by atoms with Gasteiger partial charge in [-0.2, -0.15) is 0 Å². The first kappa shape index (κ1) is 18.6. The van der Waals surface area contributed by atoms with Crippen molar-refractivity contribution in [1.82, 2.24) is 5.32 Å². The fourth-order valence-electron chi connectivity index (χ4n) is 2.18. The Bertz CT molecular complexity index is 729. The molecule has 128 valence electrons. The predicted molar refractivity (Wildman–Crippen MR) is 99.1 cm³/mol. The molecule has 0 saturated carbocycles. The van der Waals surface area contributed by atoms with E-state index >= 15 is 0 Å². The monoisotopic (exact) mass is 365 g/mol. The number of carbonyl (C=O) groups excluding carboxylic acids is 1.